The molecule has 0 saturated carbocycles. The number of hydrogen-bond donors (Lipinski definition) is 1. The number of nitrogens with two attached hydrogens (primary N) is 1. The normalized spacial score (nSPS) is 10.9. The van der Waals surface area contributed by atoms with Crippen LogP contribution < -0.4 is 10.5 Å². The zero-order valence-electron chi connectivity index (χ0n) is 14.4. The molecule has 0 radical (unpaired) electrons. The lowest BCUT2D eigenvalue weighted by Gasteiger charge is -2.05. The van der Waals surface area contributed by atoms with E-state index in [-0.39, 0.29) is 11.5 Å². The summed E-state index contributed by atoms with van der Waals surface area (Å²) in [7, 11) is 0. The second kappa shape index (κ2) is 7.53. The van der Waals surface area contributed by atoms with Crippen molar-refractivity contribution in [2.45, 2.75) is 6.61 Å². The summed E-state index contributed by atoms with van der Waals surface area (Å²) in [4.78, 5) is 20.9. The topological polar surface area (TPSA) is 78.1 Å². The molecule has 0 spiro atoms. The molecular weight excluding hydrogens is 401 g/mol. The number of carbonyl (C=O) groups excluding carboxylic acids is 1. The molecule has 0 aliphatic carbocycles. The first kappa shape index (κ1) is 18.3. The van der Waals surface area contributed by atoms with Crippen LogP contribution in [0.15, 0.2) is 54.7 Å². The van der Waals surface area contributed by atoms with Crippen molar-refractivity contribution in [3.63, 3.8) is 0 Å². The number of fused-ring (bicyclic) bond motifs is 1. The maximum absolute atomic E-state index is 13.3. The maximum atomic E-state index is 13.3. The number of aromatic nitrogens is 2. The molecule has 3 heterocycles. The van der Waals surface area contributed by atoms with E-state index in [9.17, 15) is 9.18 Å². The summed E-state index contributed by atoms with van der Waals surface area (Å²) in [5, 5.41) is 0.390. The van der Waals surface area contributed by atoms with Crippen LogP contribution in [0.5, 0.6) is 5.75 Å². The van der Waals surface area contributed by atoms with E-state index in [2.05, 4.69) is 9.97 Å². The second-order valence-corrected chi connectivity index (χ2v) is 7.48. The number of carbonyl (C=O) groups is 1. The zero-order valence-corrected chi connectivity index (χ0v) is 15.9. The maximum Gasteiger partial charge on any atom is 0.267 e. The molecule has 0 atom stereocenters. The SMILES string of the molecule is NC(=O)c1cc(-c2ccc(F)cc2)c2sc(COc3ccc(Cl)nc3)cc2n1. The van der Waals surface area contributed by atoms with Crippen LogP contribution >= 0.6 is 22.9 Å². The molecule has 4 rings (SSSR count). The van der Waals surface area contributed by atoms with Gasteiger partial charge in [-0.3, -0.25) is 4.79 Å². The molecule has 4 aromatic rings. The van der Waals surface area contributed by atoms with Crippen molar-refractivity contribution in [1.82, 2.24) is 9.97 Å². The van der Waals surface area contributed by atoms with Crippen molar-refractivity contribution in [1.29, 1.82) is 0 Å². The molecule has 0 unspecified atom stereocenters. The van der Waals surface area contributed by atoms with Gasteiger partial charge in [-0.05, 0) is 42.0 Å². The van der Waals surface area contributed by atoms with Crippen LogP contribution in [0.3, 0.4) is 0 Å². The fourth-order valence-corrected chi connectivity index (χ4v) is 3.87. The number of ether oxygens (including phenoxy) is 1. The summed E-state index contributed by atoms with van der Waals surface area (Å²) in [6.07, 6.45) is 1.54. The molecule has 5 nitrogen and oxygen atoms in total. The fourth-order valence-electron chi connectivity index (χ4n) is 2.71. The Kier molecular flexibility index (Phi) is 4.93. The van der Waals surface area contributed by atoms with Crippen molar-refractivity contribution in [2.75, 3.05) is 0 Å². The first-order valence-corrected chi connectivity index (χ1v) is 9.42. The van der Waals surface area contributed by atoms with Gasteiger partial charge in [-0.2, -0.15) is 0 Å². The van der Waals surface area contributed by atoms with Crippen LogP contribution in [0.1, 0.15) is 15.4 Å². The molecule has 2 N–H and O–H groups in total. The van der Waals surface area contributed by atoms with Gasteiger partial charge in [0, 0.05) is 10.4 Å². The molecule has 8 heteroatoms. The number of amides is 1. The number of nitrogens with zero attached hydrogens (tertiary/aromatic N) is 2. The van der Waals surface area contributed by atoms with Gasteiger partial charge in [-0.1, -0.05) is 23.7 Å². The summed E-state index contributed by atoms with van der Waals surface area (Å²) < 4.78 is 19.9. The Morgan fingerprint density at radius 2 is 1.96 bits per heavy atom. The van der Waals surface area contributed by atoms with Crippen LogP contribution in [-0.4, -0.2) is 15.9 Å². The van der Waals surface area contributed by atoms with Gasteiger partial charge >= 0.3 is 0 Å². The third-order valence-corrected chi connectivity index (χ3v) is 5.37. The number of hydrogen-bond acceptors (Lipinski definition) is 5. The average molecular weight is 414 g/mol. The number of halogens is 2. The molecule has 0 saturated heterocycles. The van der Waals surface area contributed by atoms with Crippen LogP contribution in [0.25, 0.3) is 21.3 Å². The van der Waals surface area contributed by atoms with Gasteiger partial charge in [-0.25, -0.2) is 14.4 Å². The molecule has 140 valence electrons. The lowest BCUT2D eigenvalue weighted by atomic mass is 10.0. The van der Waals surface area contributed by atoms with Crippen LogP contribution in [-0.2, 0) is 6.61 Å². The van der Waals surface area contributed by atoms with Gasteiger partial charge in [0.1, 0.15) is 29.0 Å². The Hall–Kier alpha value is -3.03. The van der Waals surface area contributed by atoms with E-state index >= 15 is 0 Å². The Morgan fingerprint density at radius 1 is 1.18 bits per heavy atom. The highest BCUT2D eigenvalue weighted by atomic mass is 35.5. The van der Waals surface area contributed by atoms with E-state index in [4.69, 9.17) is 22.1 Å². The number of thiophene rings is 1. The van der Waals surface area contributed by atoms with Gasteiger partial charge in [0.05, 0.1) is 16.4 Å². The quantitative estimate of drug-likeness (QED) is 0.475. The monoisotopic (exact) mass is 413 g/mol. The van der Waals surface area contributed by atoms with Crippen LogP contribution in [0.4, 0.5) is 4.39 Å². The van der Waals surface area contributed by atoms with Crippen molar-refractivity contribution in [2.24, 2.45) is 5.73 Å². The molecule has 0 bridgehead atoms. The van der Waals surface area contributed by atoms with E-state index < -0.39 is 5.91 Å². The van der Waals surface area contributed by atoms with Gasteiger partial charge in [-0.15, -0.1) is 11.3 Å². The number of rotatable bonds is 5. The largest absolute Gasteiger partial charge is 0.486 e. The molecule has 3 aromatic heterocycles. The third kappa shape index (κ3) is 3.81. The first-order chi connectivity index (χ1) is 13.5. The van der Waals surface area contributed by atoms with E-state index in [1.54, 1.807) is 36.5 Å². The number of pyridine rings is 2. The minimum absolute atomic E-state index is 0.152. The van der Waals surface area contributed by atoms with Crippen LogP contribution in [0.2, 0.25) is 5.15 Å². The molecular formula is C20H13ClFN3O2S. The summed E-state index contributed by atoms with van der Waals surface area (Å²) in [5.74, 6) is -0.367. The van der Waals surface area contributed by atoms with Crippen molar-refractivity contribution in [3.8, 4) is 16.9 Å². The molecule has 0 aliphatic heterocycles. The summed E-state index contributed by atoms with van der Waals surface area (Å²) in [6, 6.07) is 12.9. The van der Waals surface area contributed by atoms with Crippen LogP contribution in [0, 0.1) is 5.82 Å². The number of benzene rings is 1. The molecule has 0 aliphatic rings. The highest BCUT2D eigenvalue weighted by Crippen LogP contribution is 2.35. The van der Waals surface area contributed by atoms with E-state index in [0.29, 0.717) is 23.0 Å². The van der Waals surface area contributed by atoms with Gasteiger partial charge < -0.3 is 10.5 Å². The molecule has 1 amide bonds. The van der Waals surface area contributed by atoms with Crippen molar-refractivity contribution < 1.29 is 13.9 Å². The lowest BCUT2D eigenvalue weighted by molar-refractivity contribution is 0.0996. The van der Waals surface area contributed by atoms with E-state index in [1.807, 2.05) is 6.07 Å². The highest BCUT2D eigenvalue weighted by Gasteiger charge is 2.15. The zero-order chi connectivity index (χ0) is 19.7. The van der Waals surface area contributed by atoms with Gasteiger partial charge in [0.15, 0.2) is 0 Å². The third-order valence-electron chi connectivity index (χ3n) is 4.02. The minimum Gasteiger partial charge on any atom is -0.486 e. The Balaban J connectivity index is 1.72. The van der Waals surface area contributed by atoms with E-state index in [1.165, 1.54) is 23.5 Å². The molecule has 28 heavy (non-hydrogen) atoms. The van der Waals surface area contributed by atoms with Gasteiger partial charge in [0.2, 0.25) is 0 Å². The Labute approximate surface area is 168 Å². The van der Waals surface area contributed by atoms with Gasteiger partial charge in [0.25, 0.3) is 5.91 Å². The standard InChI is InChI=1S/C20H13ClFN3O2S/c21-18-6-5-13(9-24-18)27-10-14-7-16-19(28-14)15(8-17(25-16)20(23)26)11-1-3-12(22)4-2-11/h1-9H,10H2,(H2,23,26). The smallest absolute Gasteiger partial charge is 0.267 e. The van der Waals surface area contributed by atoms with E-state index in [0.717, 1.165) is 20.7 Å². The molecule has 1 aromatic carbocycles. The molecule has 0 fully saturated rings. The highest BCUT2D eigenvalue weighted by molar-refractivity contribution is 7.19. The second-order valence-electron chi connectivity index (χ2n) is 5.96. The number of primary amides is 1. The Bertz CT molecular complexity index is 1160. The Morgan fingerprint density at radius 3 is 2.64 bits per heavy atom. The minimum atomic E-state index is -0.624. The first-order valence-electron chi connectivity index (χ1n) is 8.23. The fraction of sp³-hybridized carbons (Fsp3) is 0.0500. The summed E-state index contributed by atoms with van der Waals surface area (Å²) >= 11 is 7.26. The summed E-state index contributed by atoms with van der Waals surface area (Å²) in [5.41, 5.74) is 7.75. The van der Waals surface area contributed by atoms with Crippen molar-refractivity contribution >= 4 is 39.1 Å². The summed E-state index contributed by atoms with van der Waals surface area (Å²) in [6.45, 7) is 0.305. The lowest BCUT2D eigenvalue weighted by Crippen LogP contribution is -2.13. The predicted molar refractivity (Wildman–Crippen MR) is 107 cm³/mol. The van der Waals surface area contributed by atoms with Crippen molar-refractivity contribution in [3.05, 3.63) is 76.3 Å². The predicted octanol–water partition coefficient (Wildman–Crippen LogP) is 4.83. The average Bonchev–Trinajstić information content (AvgIpc) is 3.10.